The molecule has 1 atom stereocenters. The summed E-state index contributed by atoms with van der Waals surface area (Å²) >= 11 is 0. The number of hydrogen-bond acceptors (Lipinski definition) is 6. The van der Waals surface area contributed by atoms with Crippen LogP contribution in [0.3, 0.4) is 0 Å². The standard InChI is InChI=1S/C20H20N2O5/c1-12(23)13-4-6-14(7-5-13)21-20(24)19-11-17(22-27-19)16-10-15(25-2)8-9-18(16)26-3/h4-10,19H,11H2,1-3H3,(H,21,24)/t19-/m0/s1. The van der Waals surface area contributed by atoms with E-state index in [4.69, 9.17) is 14.3 Å². The molecule has 0 bridgehead atoms. The molecule has 140 valence electrons. The molecule has 0 aliphatic carbocycles. The lowest BCUT2D eigenvalue weighted by atomic mass is 10.0. The Bertz CT molecular complexity index is 890. The Kier molecular flexibility index (Phi) is 5.40. The van der Waals surface area contributed by atoms with Gasteiger partial charge in [0.05, 0.1) is 19.9 Å². The van der Waals surface area contributed by atoms with E-state index in [1.54, 1.807) is 56.7 Å². The lowest BCUT2D eigenvalue weighted by Crippen LogP contribution is -2.28. The maximum absolute atomic E-state index is 12.5. The Hall–Kier alpha value is -3.35. The maximum atomic E-state index is 12.5. The molecular weight excluding hydrogens is 348 g/mol. The first-order chi connectivity index (χ1) is 13.0. The second-order valence-electron chi connectivity index (χ2n) is 6.03. The minimum absolute atomic E-state index is 0.0303. The van der Waals surface area contributed by atoms with Crippen LogP contribution < -0.4 is 14.8 Å². The zero-order chi connectivity index (χ0) is 19.4. The highest BCUT2D eigenvalue weighted by Crippen LogP contribution is 2.29. The molecule has 7 nitrogen and oxygen atoms in total. The normalized spacial score (nSPS) is 15.5. The van der Waals surface area contributed by atoms with Gasteiger partial charge in [-0.15, -0.1) is 0 Å². The number of Topliss-reactive ketones (excluding diaryl/α,β-unsaturated/α-hetero) is 1. The molecule has 0 saturated carbocycles. The maximum Gasteiger partial charge on any atom is 0.268 e. The summed E-state index contributed by atoms with van der Waals surface area (Å²) in [5, 5.41) is 6.82. The molecule has 0 aromatic heterocycles. The molecule has 27 heavy (non-hydrogen) atoms. The Morgan fingerprint density at radius 1 is 1.11 bits per heavy atom. The van der Waals surface area contributed by atoms with Crippen molar-refractivity contribution in [2.75, 3.05) is 19.5 Å². The van der Waals surface area contributed by atoms with Crippen LogP contribution in [0.25, 0.3) is 0 Å². The fourth-order valence-corrected chi connectivity index (χ4v) is 2.73. The van der Waals surface area contributed by atoms with E-state index in [1.165, 1.54) is 6.92 Å². The van der Waals surface area contributed by atoms with Crippen LogP contribution in [0.5, 0.6) is 11.5 Å². The van der Waals surface area contributed by atoms with Crippen LogP contribution in [-0.2, 0) is 9.63 Å². The van der Waals surface area contributed by atoms with Gasteiger partial charge in [-0.2, -0.15) is 0 Å². The average molecular weight is 368 g/mol. The van der Waals surface area contributed by atoms with Gasteiger partial charge in [0.15, 0.2) is 5.78 Å². The van der Waals surface area contributed by atoms with E-state index in [0.29, 0.717) is 34.9 Å². The van der Waals surface area contributed by atoms with Gasteiger partial charge in [0.1, 0.15) is 11.5 Å². The van der Waals surface area contributed by atoms with Crippen molar-refractivity contribution in [1.29, 1.82) is 0 Å². The number of anilines is 1. The highest BCUT2D eigenvalue weighted by molar-refractivity contribution is 6.07. The smallest absolute Gasteiger partial charge is 0.268 e. The highest BCUT2D eigenvalue weighted by Gasteiger charge is 2.30. The number of methoxy groups -OCH3 is 2. The van der Waals surface area contributed by atoms with Gasteiger partial charge in [-0.1, -0.05) is 5.16 Å². The zero-order valence-electron chi connectivity index (χ0n) is 15.3. The summed E-state index contributed by atoms with van der Waals surface area (Å²) in [6, 6.07) is 12.0. The molecule has 0 saturated heterocycles. The third-order valence-corrected chi connectivity index (χ3v) is 4.24. The first kappa shape index (κ1) is 18.4. The Morgan fingerprint density at radius 3 is 2.48 bits per heavy atom. The van der Waals surface area contributed by atoms with Gasteiger partial charge in [0.25, 0.3) is 5.91 Å². The number of amides is 1. The molecular formula is C20H20N2O5. The fraction of sp³-hybridized carbons (Fsp3) is 0.250. The van der Waals surface area contributed by atoms with Gasteiger partial charge < -0.3 is 19.6 Å². The quantitative estimate of drug-likeness (QED) is 0.792. The van der Waals surface area contributed by atoms with E-state index in [-0.39, 0.29) is 11.7 Å². The number of ketones is 1. The molecule has 1 aliphatic rings. The Labute approximate surface area is 156 Å². The Morgan fingerprint density at radius 2 is 1.85 bits per heavy atom. The predicted octanol–water partition coefficient (Wildman–Crippen LogP) is 3.04. The molecule has 0 radical (unpaired) electrons. The van der Waals surface area contributed by atoms with E-state index in [2.05, 4.69) is 10.5 Å². The summed E-state index contributed by atoms with van der Waals surface area (Å²) in [6.07, 6.45) is -0.440. The molecule has 1 heterocycles. The molecule has 0 unspecified atom stereocenters. The minimum Gasteiger partial charge on any atom is -0.497 e. The number of benzene rings is 2. The summed E-state index contributed by atoms with van der Waals surface area (Å²) in [5.41, 5.74) is 2.50. The number of ether oxygens (including phenoxy) is 2. The number of carbonyl (C=O) groups is 2. The predicted molar refractivity (Wildman–Crippen MR) is 101 cm³/mol. The second kappa shape index (κ2) is 7.90. The van der Waals surface area contributed by atoms with Gasteiger partial charge in [0.2, 0.25) is 6.10 Å². The topological polar surface area (TPSA) is 86.2 Å². The second-order valence-corrected chi connectivity index (χ2v) is 6.03. The van der Waals surface area contributed by atoms with Crippen LogP contribution in [0.2, 0.25) is 0 Å². The van der Waals surface area contributed by atoms with Gasteiger partial charge in [-0.05, 0) is 49.4 Å². The minimum atomic E-state index is -0.747. The van der Waals surface area contributed by atoms with Crippen molar-refractivity contribution in [2.24, 2.45) is 5.16 Å². The van der Waals surface area contributed by atoms with E-state index < -0.39 is 6.10 Å². The SMILES string of the molecule is COc1ccc(OC)c(C2=NO[C@H](C(=O)Nc3ccc(C(C)=O)cc3)C2)c1. The summed E-state index contributed by atoms with van der Waals surface area (Å²) in [5.74, 6) is 0.939. The van der Waals surface area contributed by atoms with Crippen molar-refractivity contribution in [3.05, 3.63) is 53.6 Å². The molecule has 0 fully saturated rings. The van der Waals surface area contributed by atoms with Crippen molar-refractivity contribution in [3.63, 3.8) is 0 Å². The van der Waals surface area contributed by atoms with Crippen molar-refractivity contribution in [2.45, 2.75) is 19.4 Å². The fourth-order valence-electron chi connectivity index (χ4n) is 2.73. The molecule has 3 rings (SSSR count). The number of hydrogen-bond donors (Lipinski definition) is 1. The van der Waals surface area contributed by atoms with E-state index in [0.717, 1.165) is 5.56 Å². The van der Waals surface area contributed by atoms with Crippen LogP contribution in [0.1, 0.15) is 29.3 Å². The van der Waals surface area contributed by atoms with Gasteiger partial charge in [-0.3, -0.25) is 9.59 Å². The number of carbonyl (C=O) groups excluding carboxylic acids is 2. The van der Waals surface area contributed by atoms with Crippen molar-refractivity contribution in [1.82, 2.24) is 0 Å². The van der Waals surface area contributed by atoms with Gasteiger partial charge in [-0.25, -0.2) is 0 Å². The van der Waals surface area contributed by atoms with Crippen LogP contribution in [0.15, 0.2) is 47.6 Å². The molecule has 1 N–H and O–H groups in total. The van der Waals surface area contributed by atoms with E-state index >= 15 is 0 Å². The molecule has 2 aromatic rings. The third kappa shape index (κ3) is 4.08. The summed E-state index contributed by atoms with van der Waals surface area (Å²) in [6.45, 7) is 1.49. The molecule has 1 aliphatic heterocycles. The van der Waals surface area contributed by atoms with Crippen molar-refractivity contribution >= 4 is 23.1 Å². The number of nitrogens with one attached hydrogen (secondary N) is 1. The number of oxime groups is 1. The monoisotopic (exact) mass is 368 g/mol. The van der Waals surface area contributed by atoms with Crippen LogP contribution in [-0.4, -0.2) is 37.7 Å². The van der Waals surface area contributed by atoms with Crippen molar-refractivity contribution < 1.29 is 23.9 Å². The molecule has 2 aromatic carbocycles. The van der Waals surface area contributed by atoms with Gasteiger partial charge >= 0.3 is 0 Å². The number of nitrogens with zero attached hydrogens (tertiary/aromatic N) is 1. The van der Waals surface area contributed by atoms with Crippen molar-refractivity contribution in [3.8, 4) is 11.5 Å². The molecule has 1 amide bonds. The Balaban J connectivity index is 1.68. The summed E-state index contributed by atoms with van der Waals surface area (Å²) in [7, 11) is 3.14. The molecule has 0 spiro atoms. The van der Waals surface area contributed by atoms with E-state index in [1.807, 2.05) is 0 Å². The third-order valence-electron chi connectivity index (χ3n) is 4.24. The van der Waals surface area contributed by atoms with Crippen LogP contribution in [0.4, 0.5) is 5.69 Å². The van der Waals surface area contributed by atoms with Gasteiger partial charge in [0, 0.05) is 23.2 Å². The van der Waals surface area contributed by atoms with Crippen LogP contribution >= 0.6 is 0 Å². The largest absolute Gasteiger partial charge is 0.497 e. The first-order valence-corrected chi connectivity index (χ1v) is 8.38. The van der Waals surface area contributed by atoms with E-state index in [9.17, 15) is 9.59 Å². The molecule has 7 heteroatoms. The van der Waals surface area contributed by atoms with Crippen LogP contribution in [0, 0.1) is 0 Å². The average Bonchev–Trinajstić information content (AvgIpc) is 3.18. The highest BCUT2D eigenvalue weighted by atomic mass is 16.6. The first-order valence-electron chi connectivity index (χ1n) is 8.38. The zero-order valence-corrected chi connectivity index (χ0v) is 15.3. The summed E-state index contributed by atoms with van der Waals surface area (Å²) < 4.78 is 10.6. The lowest BCUT2D eigenvalue weighted by Gasteiger charge is -2.11. The number of rotatable bonds is 6. The summed E-state index contributed by atoms with van der Waals surface area (Å²) in [4.78, 5) is 29.1. The lowest BCUT2D eigenvalue weighted by molar-refractivity contribution is -0.125.